The predicted octanol–water partition coefficient (Wildman–Crippen LogP) is 4.89. The summed E-state index contributed by atoms with van der Waals surface area (Å²) in [5.74, 6) is 1.58. The minimum absolute atomic E-state index is 0.0691. The summed E-state index contributed by atoms with van der Waals surface area (Å²) in [5.41, 5.74) is 3.90. The highest BCUT2D eigenvalue weighted by Crippen LogP contribution is 2.52. The highest BCUT2D eigenvalue weighted by atomic mass is 16.6. The highest BCUT2D eigenvalue weighted by Gasteiger charge is 2.53. The number of benzene rings is 2. The van der Waals surface area contributed by atoms with Gasteiger partial charge >= 0.3 is 6.09 Å². The molecule has 174 valence electrons. The summed E-state index contributed by atoms with van der Waals surface area (Å²) in [5, 5.41) is 7.27. The van der Waals surface area contributed by atoms with Crippen LogP contribution in [0, 0.1) is 6.92 Å². The second-order valence-electron chi connectivity index (χ2n) is 8.82. The zero-order chi connectivity index (χ0) is 23.0. The largest absolute Gasteiger partial charge is 0.490 e. The van der Waals surface area contributed by atoms with Crippen LogP contribution in [0.5, 0.6) is 11.5 Å². The SMILES string of the molecule is CCOC(=O)N1CCC2(CC1)Oc1c(OCC)cccc1[C@@H]1CC(c3ccc(C)cc3)=NN12. The molecule has 0 aliphatic carbocycles. The monoisotopic (exact) mass is 449 g/mol. The number of rotatable bonds is 4. The summed E-state index contributed by atoms with van der Waals surface area (Å²) in [6, 6.07) is 14.7. The summed E-state index contributed by atoms with van der Waals surface area (Å²) in [6.45, 7) is 7.97. The Morgan fingerprint density at radius 2 is 1.88 bits per heavy atom. The molecule has 0 unspecified atom stereocenters. The van der Waals surface area contributed by atoms with Gasteiger partial charge in [-0.15, -0.1) is 0 Å². The number of fused-ring (bicyclic) bond motifs is 4. The molecule has 1 saturated heterocycles. The van der Waals surface area contributed by atoms with Crippen LogP contribution in [-0.4, -0.2) is 53.7 Å². The fourth-order valence-electron chi connectivity index (χ4n) is 5.04. The first-order valence-corrected chi connectivity index (χ1v) is 11.8. The van der Waals surface area contributed by atoms with Gasteiger partial charge in [0, 0.05) is 37.9 Å². The number of ether oxygens (including phenoxy) is 3. The molecular formula is C26H31N3O4. The van der Waals surface area contributed by atoms with E-state index in [-0.39, 0.29) is 12.1 Å². The van der Waals surface area contributed by atoms with Crippen molar-refractivity contribution in [2.75, 3.05) is 26.3 Å². The molecule has 1 fully saturated rings. The van der Waals surface area contributed by atoms with Crippen LogP contribution in [0.25, 0.3) is 0 Å². The van der Waals surface area contributed by atoms with Crippen LogP contribution in [0.15, 0.2) is 47.6 Å². The molecule has 0 aromatic heterocycles. The fraction of sp³-hybridized carbons (Fsp3) is 0.462. The van der Waals surface area contributed by atoms with Crippen molar-refractivity contribution in [1.82, 2.24) is 9.91 Å². The quantitative estimate of drug-likeness (QED) is 0.665. The van der Waals surface area contributed by atoms with Gasteiger partial charge in [0.2, 0.25) is 5.72 Å². The second kappa shape index (κ2) is 8.61. The molecule has 0 saturated carbocycles. The maximum atomic E-state index is 12.3. The average Bonchev–Trinajstić information content (AvgIpc) is 3.28. The van der Waals surface area contributed by atoms with Crippen molar-refractivity contribution in [2.45, 2.75) is 51.8 Å². The molecule has 2 aromatic carbocycles. The van der Waals surface area contributed by atoms with Crippen LogP contribution in [0.4, 0.5) is 4.79 Å². The van der Waals surface area contributed by atoms with Gasteiger partial charge in [0.05, 0.1) is 25.0 Å². The lowest BCUT2D eigenvalue weighted by Crippen LogP contribution is -2.59. The third-order valence-electron chi connectivity index (χ3n) is 6.74. The van der Waals surface area contributed by atoms with Crippen molar-refractivity contribution in [2.24, 2.45) is 5.10 Å². The van der Waals surface area contributed by atoms with E-state index in [1.165, 1.54) is 5.56 Å². The van der Waals surface area contributed by atoms with E-state index in [9.17, 15) is 4.79 Å². The topological polar surface area (TPSA) is 63.6 Å². The molecule has 2 aromatic rings. The lowest BCUT2D eigenvalue weighted by molar-refractivity contribution is -0.148. The van der Waals surface area contributed by atoms with Gasteiger partial charge in [-0.1, -0.05) is 42.0 Å². The summed E-state index contributed by atoms with van der Waals surface area (Å²) in [6.07, 6.45) is 1.83. The fourth-order valence-corrected chi connectivity index (χ4v) is 5.04. The number of hydrogen-bond acceptors (Lipinski definition) is 6. The van der Waals surface area contributed by atoms with E-state index in [1.54, 1.807) is 4.90 Å². The van der Waals surface area contributed by atoms with Crippen molar-refractivity contribution >= 4 is 11.8 Å². The number of nitrogens with zero attached hydrogens (tertiary/aromatic N) is 3. The Kier molecular flexibility index (Phi) is 5.64. The van der Waals surface area contributed by atoms with Gasteiger partial charge < -0.3 is 19.1 Å². The molecule has 3 aliphatic heterocycles. The zero-order valence-corrected chi connectivity index (χ0v) is 19.5. The number of likely N-dealkylation sites (tertiary alicyclic amines) is 1. The molecule has 0 radical (unpaired) electrons. The van der Waals surface area contributed by atoms with Gasteiger partial charge in [-0.3, -0.25) is 0 Å². The molecule has 1 amide bonds. The normalized spacial score (nSPS) is 20.6. The van der Waals surface area contributed by atoms with Crippen molar-refractivity contribution in [1.29, 1.82) is 0 Å². The molecule has 5 rings (SSSR count). The third-order valence-corrected chi connectivity index (χ3v) is 6.74. The molecule has 1 atom stereocenters. The summed E-state index contributed by atoms with van der Waals surface area (Å²) < 4.78 is 17.9. The minimum Gasteiger partial charge on any atom is -0.490 e. The van der Waals surface area contributed by atoms with Crippen molar-refractivity contribution in [3.8, 4) is 11.5 Å². The average molecular weight is 450 g/mol. The van der Waals surface area contributed by atoms with Crippen molar-refractivity contribution in [3.05, 3.63) is 59.2 Å². The second-order valence-corrected chi connectivity index (χ2v) is 8.82. The molecule has 3 heterocycles. The van der Waals surface area contributed by atoms with Crippen LogP contribution in [-0.2, 0) is 4.74 Å². The number of carbonyl (C=O) groups excluding carboxylic acids is 1. The number of piperidine rings is 1. The van der Waals surface area contributed by atoms with Crippen LogP contribution in [0.1, 0.15) is 55.8 Å². The van der Waals surface area contributed by atoms with Crippen LogP contribution >= 0.6 is 0 Å². The predicted molar refractivity (Wildman–Crippen MR) is 126 cm³/mol. The Bertz CT molecular complexity index is 1060. The molecule has 1 spiro atoms. The van der Waals surface area contributed by atoms with Crippen molar-refractivity contribution in [3.63, 3.8) is 0 Å². The first-order valence-electron chi connectivity index (χ1n) is 11.8. The molecule has 33 heavy (non-hydrogen) atoms. The molecule has 7 heteroatoms. The number of aryl methyl sites for hydroxylation is 1. The molecule has 0 N–H and O–H groups in total. The van der Waals surface area contributed by atoms with Gasteiger partial charge in [0.15, 0.2) is 11.5 Å². The van der Waals surface area contributed by atoms with Crippen LogP contribution in [0.3, 0.4) is 0 Å². The van der Waals surface area contributed by atoms with E-state index in [1.807, 2.05) is 26.0 Å². The minimum atomic E-state index is -0.625. The van der Waals surface area contributed by atoms with Crippen LogP contribution < -0.4 is 9.47 Å². The first kappa shape index (κ1) is 21.6. The van der Waals surface area contributed by atoms with Gasteiger partial charge in [-0.25, -0.2) is 9.80 Å². The Morgan fingerprint density at radius 3 is 2.58 bits per heavy atom. The van der Waals surface area contributed by atoms with E-state index < -0.39 is 5.72 Å². The standard InChI is InChI=1S/C26H31N3O4/c1-4-31-23-8-6-7-20-22-17-21(19-11-9-18(3)10-12-19)27-29(22)26(33-24(20)23)13-15-28(16-14-26)25(30)32-5-2/h6-12,22H,4-5,13-17H2,1-3H3/t22-/m0/s1. The molecular weight excluding hydrogens is 418 g/mol. The summed E-state index contributed by atoms with van der Waals surface area (Å²) in [7, 11) is 0. The van der Waals surface area contributed by atoms with Gasteiger partial charge in [0.1, 0.15) is 0 Å². The van der Waals surface area contributed by atoms with E-state index in [0.29, 0.717) is 39.1 Å². The Labute approximate surface area is 194 Å². The van der Waals surface area contributed by atoms with E-state index in [0.717, 1.165) is 34.8 Å². The van der Waals surface area contributed by atoms with E-state index >= 15 is 0 Å². The number of amides is 1. The Morgan fingerprint density at radius 1 is 1.12 bits per heavy atom. The lowest BCUT2D eigenvalue weighted by Gasteiger charge is -2.51. The first-order chi connectivity index (χ1) is 16.0. The highest BCUT2D eigenvalue weighted by molar-refractivity contribution is 6.02. The van der Waals surface area contributed by atoms with Crippen molar-refractivity contribution < 1.29 is 19.0 Å². The maximum Gasteiger partial charge on any atom is 0.409 e. The van der Waals surface area contributed by atoms with Gasteiger partial charge in [0.25, 0.3) is 0 Å². The molecule has 3 aliphatic rings. The van der Waals surface area contributed by atoms with E-state index in [2.05, 4.69) is 42.3 Å². The van der Waals surface area contributed by atoms with Crippen LogP contribution in [0.2, 0.25) is 0 Å². The third kappa shape index (κ3) is 3.79. The molecule has 0 bridgehead atoms. The van der Waals surface area contributed by atoms with Gasteiger partial charge in [-0.05, 0) is 32.4 Å². The summed E-state index contributed by atoms with van der Waals surface area (Å²) in [4.78, 5) is 14.1. The zero-order valence-electron chi connectivity index (χ0n) is 19.5. The number of para-hydroxylation sites is 1. The number of hydrazone groups is 1. The Hall–Kier alpha value is -3.22. The maximum absolute atomic E-state index is 12.3. The smallest absolute Gasteiger partial charge is 0.409 e. The van der Waals surface area contributed by atoms with E-state index in [4.69, 9.17) is 19.3 Å². The number of hydrogen-bond donors (Lipinski definition) is 0. The van der Waals surface area contributed by atoms with Gasteiger partial charge in [-0.2, -0.15) is 5.10 Å². The summed E-state index contributed by atoms with van der Waals surface area (Å²) >= 11 is 0. The lowest BCUT2D eigenvalue weighted by atomic mass is 9.90. The Balaban J connectivity index is 1.52. The number of carbonyl (C=O) groups is 1. The molecule has 7 nitrogen and oxygen atoms in total.